The Morgan fingerprint density at radius 3 is 0.820 bits per heavy atom. The van der Waals surface area contributed by atoms with Gasteiger partial charge >= 0.3 is 17.1 Å². The summed E-state index contributed by atoms with van der Waals surface area (Å²) in [6.07, 6.45) is 8.05. The van der Waals surface area contributed by atoms with Gasteiger partial charge in [-0.25, -0.2) is 9.97 Å². The predicted octanol–water partition coefficient (Wildman–Crippen LogP) is 10.2. The van der Waals surface area contributed by atoms with Gasteiger partial charge in [-0.05, 0) is 72.8 Å². The van der Waals surface area contributed by atoms with E-state index in [4.69, 9.17) is 0 Å². The number of rotatable bonds is 4. The molecule has 0 atom stereocenters. The molecule has 0 unspecified atom stereocenters. The zero-order chi connectivity index (χ0) is 42.7. The number of aromatic nitrogens is 4. The third-order valence-corrected chi connectivity index (χ3v) is 7.69. The molecule has 17 heteroatoms. The van der Waals surface area contributed by atoms with Crippen molar-refractivity contribution in [2.45, 2.75) is 0 Å². The summed E-state index contributed by atoms with van der Waals surface area (Å²) in [4.78, 5) is 54.2. The van der Waals surface area contributed by atoms with Gasteiger partial charge in [-0.1, -0.05) is 48.5 Å². The number of nitrogens with one attached hydrogen (secondary N) is 2. The number of H-pyrrole nitrogens is 2. The maximum atomic E-state index is 9.99. The molecular formula is C44H30FeN8O8. The second-order valence-corrected chi connectivity index (χ2v) is 12.0. The molecule has 8 bridgehead atoms. The maximum Gasteiger partial charge on any atom is 4.00 e. The van der Waals surface area contributed by atoms with Crippen molar-refractivity contribution in [2.75, 3.05) is 0 Å². The molecule has 3 aromatic heterocycles. The second kappa shape index (κ2) is 23.1. The first-order valence-corrected chi connectivity index (χ1v) is 17.5. The van der Waals surface area contributed by atoms with E-state index in [1.807, 2.05) is 42.5 Å². The molecule has 16 nitrogen and oxygen atoms in total. The van der Waals surface area contributed by atoms with Gasteiger partial charge in [-0.3, -0.25) is 40.5 Å². The Kier molecular flexibility index (Phi) is 17.2. The van der Waals surface area contributed by atoms with Crippen LogP contribution in [0, 0.1) is 64.7 Å². The Labute approximate surface area is 357 Å². The van der Waals surface area contributed by atoms with Crippen LogP contribution >= 0.6 is 0 Å². The zero-order valence-electron chi connectivity index (χ0n) is 31.5. The van der Waals surface area contributed by atoms with Gasteiger partial charge < -0.3 is 9.97 Å². The van der Waals surface area contributed by atoms with Crippen molar-refractivity contribution >= 4 is 69.1 Å². The maximum absolute atomic E-state index is 9.99. The van der Waals surface area contributed by atoms with E-state index in [1.54, 1.807) is 0 Å². The Morgan fingerprint density at radius 1 is 0.361 bits per heavy atom. The molecule has 2 N–H and O–H groups in total. The van der Waals surface area contributed by atoms with Gasteiger partial charge in [-0.2, -0.15) is 72.8 Å². The molecule has 0 radical (unpaired) electrons. The van der Waals surface area contributed by atoms with E-state index in [0.717, 1.165) is 44.8 Å². The summed E-state index contributed by atoms with van der Waals surface area (Å²) >= 11 is 0. The molecule has 2 aliphatic rings. The van der Waals surface area contributed by atoms with Gasteiger partial charge in [0.2, 0.25) is 0 Å². The first-order valence-electron chi connectivity index (χ1n) is 17.5. The quantitative estimate of drug-likeness (QED) is 0.0736. The van der Waals surface area contributed by atoms with Crippen molar-refractivity contribution in [1.82, 2.24) is 19.9 Å². The number of benzene rings is 4. The monoisotopic (exact) mass is 854 g/mol. The second-order valence-electron chi connectivity index (χ2n) is 12.0. The van der Waals surface area contributed by atoms with Crippen LogP contribution in [0.4, 0.5) is 22.7 Å². The number of nitro groups is 4. The molecular weight excluding hydrogens is 824 g/mol. The number of hydrogen-bond acceptors (Lipinski definition) is 10. The van der Waals surface area contributed by atoms with E-state index < -0.39 is 19.7 Å². The Balaban J connectivity index is 0.000000185. The third-order valence-electron chi connectivity index (χ3n) is 7.69. The van der Waals surface area contributed by atoms with Crippen LogP contribution in [-0.2, 0) is 17.1 Å². The van der Waals surface area contributed by atoms with Crippen LogP contribution < -0.4 is 0 Å². The molecule has 0 spiro atoms. The van der Waals surface area contributed by atoms with Crippen molar-refractivity contribution in [3.8, 4) is 0 Å². The average molecular weight is 855 g/mol. The number of aromatic amines is 2. The van der Waals surface area contributed by atoms with Gasteiger partial charge in [0.15, 0.2) is 22.7 Å². The van der Waals surface area contributed by atoms with E-state index in [1.165, 1.54) is 97.1 Å². The summed E-state index contributed by atoms with van der Waals surface area (Å²) in [5.41, 5.74) is 8.28. The van der Waals surface area contributed by atoms with E-state index in [0.29, 0.717) is 0 Å². The summed E-state index contributed by atoms with van der Waals surface area (Å²) in [7, 11) is 0. The number of nitro benzene ring substituents is 4. The fraction of sp³-hybridized carbons (Fsp3) is 0. The summed E-state index contributed by atoms with van der Waals surface area (Å²) < 4.78 is 0. The van der Waals surface area contributed by atoms with Crippen LogP contribution in [0.2, 0.25) is 0 Å². The van der Waals surface area contributed by atoms with Gasteiger partial charge in [0, 0.05) is 41.8 Å². The zero-order valence-corrected chi connectivity index (χ0v) is 32.6. The van der Waals surface area contributed by atoms with Crippen molar-refractivity contribution < 1.29 is 36.8 Å². The standard InChI is InChI=1S/C20H14N4.4C6H4NO2.Fe/c1-2-14-10-16-5-6-18(23-16)12-20-8-7-19(24-20)11-17-4-3-15(22-17)9-13(1)21-14;4*8-7(9)6-4-2-1-3-5-6;/h1-12,21-22H;4*2-5H;/q;4*-1;+4. The minimum Gasteiger partial charge on any atom is -0.355 e. The number of fused-ring (bicyclic) bond motifs is 8. The molecule has 302 valence electrons. The number of non-ortho nitro benzene ring substituents is 4. The molecule has 0 aliphatic carbocycles. The third kappa shape index (κ3) is 15.1. The summed E-state index contributed by atoms with van der Waals surface area (Å²) in [6, 6.07) is 50.5. The topological polar surface area (TPSA) is 230 Å². The SMILES string of the molecule is C1=Cc2cc3ccc(cc4ccc(cc5nc(cc1n2)C=C5)[nH]4)[nH]3.O=[N+]([O-])c1cc[c-]cc1.O=[N+]([O-])c1cc[c-]cc1.O=[N+]([O-])c1cc[c-]cc1.O=[N+]([O-])c1cc[c-]cc1.[Fe+4]. The Hall–Kier alpha value is -8.40. The van der Waals surface area contributed by atoms with Gasteiger partial charge in [0.25, 0.3) is 0 Å². The summed E-state index contributed by atoms with van der Waals surface area (Å²) in [5.74, 6) is 0. The van der Waals surface area contributed by atoms with Crippen molar-refractivity contribution in [2.24, 2.45) is 0 Å². The van der Waals surface area contributed by atoms with E-state index in [-0.39, 0.29) is 39.8 Å². The molecule has 4 aromatic carbocycles. The van der Waals surface area contributed by atoms with Crippen LogP contribution in [0.5, 0.6) is 0 Å². The largest absolute Gasteiger partial charge is 4.00 e. The number of nitrogens with zero attached hydrogens (tertiary/aromatic N) is 6. The average Bonchev–Trinajstić information content (AvgIpc) is 4.11. The molecule has 9 rings (SSSR count). The van der Waals surface area contributed by atoms with Crippen LogP contribution in [0.25, 0.3) is 46.4 Å². The van der Waals surface area contributed by atoms with Crippen LogP contribution in [-0.4, -0.2) is 39.6 Å². The predicted molar refractivity (Wildman–Crippen MR) is 227 cm³/mol. The van der Waals surface area contributed by atoms with Crippen molar-refractivity contribution in [3.05, 3.63) is 233 Å². The smallest absolute Gasteiger partial charge is 0.355 e. The van der Waals surface area contributed by atoms with E-state index in [9.17, 15) is 40.5 Å². The van der Waals surface area contributed by atoms with Crippen molar-refractivity contribution in [1.29, 1.82) is 0 Å². The minimum atomic E-state index is -0.437. The molecule has 61 heavy (non-hydrogen) atoms. The normalized spacial score (nSPS) is 10.2. The first-order chi connectivity index (χ1) is 29.0. The summed E-state index contributed by atoms with van der Waals surface area (Å²) in [5, 5.41) is 40.0. The van der Waals surface area contributed by atoms with Crippen molar-refractivity contribution in [3.63, 3.8) is 0 Å². The fourth-order valence-corrected chi connectivity index (χ4v) is 4.94. The van der Waals surface area contributed by atoms with Gasteiger partial charge in [0.05, 0.1) is 22.8 Å². The Morgan fingerprint density at radius 2 is 0.590 bits per heavy atom. The van der Waals surface area contributed by atoms with Crippen LogP contribution in [0.1, 0.15) is 22.8 Å². The molecule has 0 amide bonds. The van der Waals surface area contributed by atoms with Gasteiger partial charge in [0.1, 0.15) is 0 Å². The first kappa shape index (κ1) is 45.3. The van der Waals surface area contributed by atoms with E-state index >= 15 is 0 Å². The van der Waals surface area contributed by atoms with E-state index in [2.05, 4.69) is 74.5 Å². The fourth-order valence-electron chi connectivity index (χ4n) is 4.94. The molecule has 0 saturated carbocycles. The number of hydrogen-bond donors (Lipinski definition) is 2. The van der Waals surface area contributed by atoms with Gasteiger partial charge in [-0.15, -0.1) is 0 Å². The summed E-state index contributed by atoms with van der Waals surface area (Å²) in [6.45, 7) is 0. The molecule has 2 aliphatic heterocycles. The minimum absolute atomic E-state index is 0. The molecule has 5 heterocycles. The Bertz CT molecular complexity index is 2500. The van der Waals surface area contributed by atoms with Crippen LogP contribution in [0.15, 0.2) is 146 Å². The molecule has 0 saturated heterocycles. The van der Waals surface area contributed by atoms with Crippen LogP contribution in [0.3, 0.4) is 0 Å². The molecule has 0 fully saturated rings. The molecule has 7 aromatic rings.